The molecule has 2 heterocycles. The molecule has 2 aromatic carbocycles. The highest BCUT2D eigenvalue weighted by atomic mass is 35.5. The molecule has 0 fully saturated rings. The van der Waals surface area contributed by atoms with Gasteiger partial charge in [0.1, 0.15) is 16.3 Å². The maximum atomic E-state index is 12.8. The number of hydrogen-bond donors (Lipinski definition) is 0. The monoisotopic (exact) mass is 492 g/mol. The van der Waals surface area contributed by atoms with E-state index >= 15 is 0 Å². The maximum Gasteiger partial charge on any atom is 0.265 e. The number of ketones is 1. The molecule has 0 aliphatic rings. The molecule has 0 radical (unpaired) electrons. The van der Waals surface area contributed by atoms with E-state index < -0.39 is 21.4 Å². The van der Waals surface area contributed by atoms with Crippen molar-refractivity contribution in [3.05, 3.63) is 86.2 Å². The zero-order valence-corrected chi connectivity index (χ0v) is 18.9. The second-order valence-electron chi connectivity index (χ2n) is 6.78. The minimum Gasteiger partial charge on any atom is -0.298 e. The molecule has 0 aliphatic carbocycles. The van der Waals surface area contributed by atoms with E-state index in [2.05, 4.69) is 4.98 Å². The Labute approximate surface area is 191 Å². The summed E-state index contributed by atoms with van der Waals surface area (Å²) < 4.78 is 26.5. The Hall–Kier alpha value is -2.52. The molecule has 0 N–H and O–H groups in total. The van der Waals surface area contributed by atoms with E-state index in [1.165, 1.54) is 23.0 Å². The fraction of sp³-hybridized carbons (Fsp3) is 0.0952. The lowest BCUT2D eigenvalue weighted by atomic mass is 10.1. The first-order valence-electron chi connectivity index (χ1n) is 8.99. The lowest BCUT2D eigenvalue weighted by Gasteiger charge is -2.08. The fourth-order valence-electron chi connectivity index (χ4n) is 3.08. The zero-order valence-electron chi connectivity index (χ0n) is 15.8. The number of aromatic nitrogens is 2. The quantitative estimate of drug-likeness (QED) is 0.399. The third kappa shape index (κ3) is 4.72. The van der Waals surface area contributed by atoms with Crippen LogP contribution in [-0.2, 0) is 21.1 Å². The summed E-state index contributed by atoms with van der Waals surface area (Å²) in [4.78, 5) is 29.4. The van der Waals surface area contributed by atoms with Crippen LogP contribution in [0.25, 0.3) is 16.6 Å². The van der Waals surface area contributed by atoms with Crippen LogP contribution in [0, 0.1) is 0 Å². The summed E-state index contributed by atoms with van der Waals surface area (Å²) in [7, 11) is -3.72. The highest BCUT2D eigenvalue weighted by Gasteiger charge is 2.21. The first kappa shape index (κ1) is 21.7. The number of halogens is 2. The molecule has 2 aromatic heterocycles. The fourth-order valence-corrected chi connectivity index (χ4v) is 6.06. The lowest BCUT2D eigenvalue weighted by Crippen LogP contribution is -2.19. The molecule has 0 unspecified atom stereocenters. The molecule has 0 saturated carbocycles. The maximum absolute atomic E-state index is 12.8. The Balaban J connectivity index is 1.52. The Bertz CT molecular complexity index is 1460. The molecule has 0 amide bonds. The van der Waals surface area contributed by atoms with Gasteiger partial charge in [0.15, 0.2) is 15.6 Å². The van der Waals surface area contributed by atoms with Crippen molar-refractivity contribution in [2.45, 2.75) is 10.6 Å². The minimum absolute atomic E-state index is 0.0426. The first-order chi connectivity index (χ1) is 14.7. The summed E-state index contributed by atoms with van der Waals surface area (Å²) in [6.07, 6.45) is 1.39. The number of nitrogens with zero attached hydrogens (tertiary/aromatic N) is 2. The van der Waals surface area contributed by atoms with Crippen molar-refractivity contribution < 1.29 is 13.2 Å². The number of carbonyl (C=O) groups is 1. The largest absolute Gasteiger partial charge is 0.298 e. The van der Waals surface area contributed by atoms with E-state index in [4.69, 9.17) is 23.2 Å². The third-order valence-electron chi connectivity index (χ3n) is 4.54. The van der Waals surface area contributed by atoms with Crippen molar-refractivity contribution in [2.75, 3.05) is 5.75 Å². The number of thiophene rings is 1. The van der Waals surface area contributed by atoms with Crippen molar-refractivity contribution >= 4 is 61.1 Å². The Kier molecular flexibility index (Phi) is 5.98. The second kappa shape index (κ2) is 8.55. The number of Topliss-reactive ketones (excluding diaryl/α,β-unsaturated/α-hetero) is 1. The van der Waals surface area contributed by atoms with Crippen LogP contribution < -0.4 is 5.56 Å². The van der Waals surface area contributed by atoms with Crippen LogP contribution in [0.3, 0.4) is 0 Å². The van der Waals surface area contributed by atoms with Crippen LogP contribution in [0.2, 0.25) is 9.36 Å². The van der Waals surface area contributed by atoms with Crippen molar-refractivity contribution in [3.63, 3.8) is 0 Å². The molecular weight excluding hydrogens is 479 g/mol. The van der Waals surface area contributed by atoms with Crippen LogP contribution >= 0.6 is 34.5 Å². The molecule has 158 valence electrons. The highest BCUT2D eigenvalue weighted by molar-refractivity contribution is 7.94. The van der Waals surface area contributed by atoms with Crippen LogP contribution in [0.5, 0.6) is 0 Å². The number of hydrogen-bond acceptors (Lipinski definition) is 6. The molecule has 4 rings (SSSR count). The van der Waals surface area contributed by atoms with Crippen LogP contribution in [-0.4, -0.2) is 29.5 Å². The van der Waals surface area contributed by atoms with Gasteiger partial charge in [-0.1, -0.05) is 35.3 Å². The van der Waals surface area contributed by atoms with Gasteiger partial charge < -0.3 is 0 Å². The van der Waals surface area contributed by atoms with Gasteiger partial charge in [0, 0.05) is 11.4 Å². The lowest BCUT2D eigenvalue weighted by molar-refractivity contribution is -0.116. The van der Waals surface area contributed by atoms with Crippen LogP contribution in [0.15, 0.2) is 69.9 Å². The summed E-state index contributed by atoms with van der Waals surface area (Å²) in [5, 5.41) is 0.839. The molecule has 10 heteroatoms. The van der Waals surface area contributed by atoms with E-state index in [0.29, 0.717) is 31.5 Å². The summed E-state index contributed by atoms with van der Waals surface area (Å²) in [6, 6.07) is 14.5. The second-order valence-corrected chi connectivity index (χ2v) is 11.1. The predicted molar refractivity (Wildman–Crippen MR) is 122 cm³/mol. The van der Waals surface area contributed by atoms with E-state index in [9.17, 15) is 18.0 Å². The Morgan fingerprint density at radius 3 is 2.45 bits per heavy atom. The highest BCUT2D eigenvalue weighted by Crippen LogP contribution is 2.26. The minimum atomic E-state index is -3.72. The zero-order chi connectivity index (χ0) is 22.2. The molecule has 0 bridgehead atoms. The average Bonchev–Trinajstić information content (AvgIpc) is 3.16. The molecule has 31 heavy (non-hydrogen) atoms. The topological polar surface area (TPSA) is 86.1 Å². The summed E-state index contributed by atoms with van der Waals surface area (Å²) >= 11 is 12.7. The summed E-state index contributed by atoms with van der Waals surface area (Å²) in [5.41, 5.74) is 1.48. The molecule has 0 atom stereocenters. The standard InChI is InChI=1S/C21H14Cl2N2O4S2/c22-14-3-6-18-17(10-14)21(27)25(12-24-18)15-4-1-13(2-5-15)9-16(26)11-31(28,29)20-8-7-19(23)30-20/h1-8,10,12H,9,11H2. The van der Waals surface area contributed by atoms with E-state index in [1.54, 1.807) is 42.5 Å². The molecule has 0 saturated heterocycles. The van der Waals surface area contributed by atoms with Crippen LogP contribution in [0.4, 0.5) is 0 Å². The molecule has 0 aliphatic heterocycles. The van der Waals surface area contributed by atoms with Crippen molar-refractivity contribution in [1.29, 1.82) is 0 Å². The van der Waals surface area contributed by atoms with Crippen molar-refractivity contribution in [1.82, 2.24) is 9.55 Å². The van der Waals surface area contributed by atoms with E-state index in [0.717, 1.165) is 11.3 Å². The molecule has 0 spiro atoms. The van der Waals surface area contributed by atoms with Gasteiger partial charge in [-0.25, -0.2) is 13.4 Å². The van der Waals surface area contributed by atoms with Gasteiger partial charge in [0.2, 0.25) is 0 Å². The van der Waals surface area contributed by atoms with Gasteiger partial charge in [0.05, 0.1) is 20.9 Å². The molecular formula is C21H14Cl2N2O4S2. The number of benzene rings is 2. The van der Waals surface area contributed by atoms with Gasteiger partial charge in [-0.3, -0.25) is 14.2 Å². The van der Waals surface area contributed by atoms with Gasteiger partial charge >= 0.3 is 0 Å². The first-order valence-corrected chi connectivity index (χ1v) is 12.2. The smallest absolute Gasteiger partial charge is 0.265 e. The Morgan fingerprint density at radius 2 is 1.77 bits per heavy atom. The predicted octanol–water partition coefficient (Wildman–Crippen LogP) is 4.34. The number of carbonyl (C=O) groups excluding carboxylic acids is 1. The number of fused-ring (bicyclic) bond motifs is 1. The van der Waals surface area contributed by atoms with Gasteiger partial charge in [0.25, 0.3) is 5.56 Å². The van der Waals surface area contributed by atoms with E-state index in [1.807, 2.05) is 0 Å². The SMILES string of the molecule is O=C(Cc1ccc(-n2cnc3ccc(Cl)cc3c2=O)cc1)CS(=O)(=O)c1ccc(Cl)s1. The van der Waals surface area contributed by atoms with Crippen LogP contribution in [0.1, 0.15) is 5.56 Å². The average molecular weight is 493 g/mol. The number of rotatable bonds is 6. The molecule has 6 nitrogen and oxygen atoms in total. The summed E-state index contributed by atoms with van der Waals surface area (Å²) in [5.74, 6) is -1.03. The van der Waals surface area contributed by atoms with Crippen molar-refractivity contribution in [2.24, 2.45) is 0 Å². The van der Waals surface area contributed by atoms with Gasteiger partial charge in [-0.15, -0.1) is 11.3 Å². The number of sulfone groups is 1. The molecule has 4 aromatic rings. The van der Waals surface area contributed by atoms with E-state index in [-0.39, 0.29) is 16.2 Å². The van der Waals surface area contributed by atoms with Gasteiger partial charge in [-0.2, -0.15) is 0 Å². The third-order valence-corrected chi connectivity index (χ3v) is 8.27. The van der Waals surface area contributed by atoms with Crippen molar-refractivity contribution in [3.8, 4) is 5.69 Å². The summed E-state index contributed by atoms with van der Waals surface area (Å²) in [6.45, 7) is 0. The normalized spacial score (nSPS) is 11.7. The Morgan fingerprint density at radius 1 is 1.03 bits per heavy atom. The van der Waals surface area contributed by atoms with Gasteiger partial charge in [-0.05, 0) is 48.0 Å².